The number of benzene rings is 2. The summed E-state index contributed by atoms with van der Waals surface area (Å²) < 4.78 is 24.6. The van der Waals surface area contributed by atoms with Gasteiger partial charge in [-0.15, -0.1) is 0 Å². The Morgan fingerprint density at radius 3 is 2.20 bits per heavy atom. The molecule has 0 bridgehead atoms. The van der Waals surface area contributed by atoms with Crippen molar-refractivity contribution in [3.05, 3.63) is 45.5 Å². The molecule has 0 spiro atoms. The van der Waals surface area contributed by atoms with Crippen molar-refractivity contribution in [1.82, 2.24) is 0 Å². The summed E-state index contributed by atoms with van der Waals surface area (Å²) in [5, 5.41) is 2.28. The van der Waals surface area contributed by atoms with Gasteiger partial charge >= 0.3 is 7.60 Å². The fraction of sp³-hybridized carbons (Fsp3) is 0.333. The molecule has 2 aromatic rings. The third-order valence-electron chi connectivity index (χ3n) is 2.98. The van der Waals surface area contributed by atoms with Crippen LogP contribution in [0.1, 0.15) is 19.4 Å². The third-order valence-corrected chi connectivity index (χ3v) is 5.95. The topological polar surface area (TPSA) is 35.5 Å². The molecular weight excluding hydrogens is 386 g/mol. The predicted octanol–water partition coefficient (Wildman–Crippen LogP) is 5.21. The number of fused-ring (bicyclic) bond motifs is 1. The van der Waals surface area contributed by atoms with Gasteiger partial charge < -0.3 is 9.05 Å². The van der Waals surface area contributed by atoms with E-state index in [0.717, 1.165) is 10.9 Å². The van der Waals surface area contributed by atoms with Crippen LogP contribution in [0.5, 0.6) is 0 Å². The van der Waals surface area contributed by atoms with Gasteiger partial charge in [0.1, 0.15) is 0 Å². The number of halogens is 1. The maximum absolute atomic E-state index is 12.7. The number of hydrogen-bond donors (Lipinski definition) is 0. The SMILES string of the molecule is CCOP(=O)(Cc1ccc(I)c2ccccc12)OCC. The van der Waals surface area contributed by atoms with Crippen LogP contribution in [0.4, 0.5) is 0 Å². The molecule has 0 saturated carbocycles. The number of rotatable bonds is 6. The van der Waals surface area contributed by atoms with Crippen LogP contribution in [-0.2, 0) is 19.8 Å². The summed E-state index contributed by atoms with van der Waals surface area (Å²) in [7, 11) is -3.06. The summed E-state index contributed by atoms with van der Waals surface area (Å²) in [6.07, 6.45) is 0.312. The van der Waals surface area contributed by atoms with Crippen molar-refractivity contribution >= 4 is 41.0 Å². The summed E-state index contributed by atoms with van der Waals surface area (Å²) in [5.74, 6) is 0. The molecule has 0 unspecified atom stereocenters. The Hall–Kier alpha value is -0.420. The lowest BCUT2D eigenvalue weighted by Gasteiger charge is -2.18. The lowest BCUT2D eigenvalue weighted by molar-refractivity contribution is 0.219. The van der Waals surface area contributed by atoms with E-state index in [0.29, 0.717) is 19.4 Å². The minimum Gasteiger partial charge on any atom is -0.309 e. The van der Waals surface area contributed by atoms with Crippen molar-refractivity contribution in [2.24, 2.45) is 0 Å². The lowest BCUT2D eigenvalue weighted by atomic mass is 10.1. The minimum absolute atomic E-state index is 0.312. The highest BCUT2D eigenvalue weighted by Crippen LogP contribution is 2.52. The van der Waals surface area contributed by atoms with E-state index in [4.69, 9.17) is 9.05 Å². The summed E-state index contributed by atoms with van der Waals surface area (Å²) in [4.78, 5) is 0. The van der Waals surface area contributed by atoms with Crippen molar-refractivity contribution in [2.45, 2.75) is 20.0 Å². The fourth-order valence-electron chi connectivity index (χ4n) is 2.19. The second kappa shape index (κ2) is 7.03. The molecule has 0 aromatic heterocycles. The van der Waals surface area contributed by atoms with Crippen LogP contribution in [0.25, 0.3) is 10.8 Å². The van der Waals surface area contributed by atoms with Crippen LogP contribution in [0.3, 0.4) is 0 Å². The molecule has 3 nitrogen and oxygen atoms in total. The van der Waals surface area contributed by atoms with Gasteiger partial charge in [-0.2, -0.15) is 0 Å². The first-order valence-electron chi connectivity index (χ1n) is 6.64. The molecule has 0 atom stereocenters. The molecule has 0 fully saturated rings. The van der Waals surface area contributed by atoms with Gasteiger partial charge in [0.05, 0.1) is 19.4 Å². The van der Waals surface area contributed by atoms with E-state index < -0.39 is 7.60 Å². The van der Waals surface area contributed by atoms with Crippen LogP contribution in [-0.4, -0.2) is 13.2 Å². The van der Waals surface area contributed by atoms with Crippen molar-refractivity contribution in [2.75, 3.05) is 13.2 Å². The first kappa shape index (κ1) is 16.0. The second-order valence-corrected chi connectivity index (χ2v) is 7.57. The molecule has 0 aliphatic carbocycles. The molecular formula is C15H18IO3P. The zero-order chi connectivity index (χ0) is 14.6. The Bertz CT molecular complexity index is 632. The Balaban J connectivity index is 2.43. The van der Waals surface area contributed by atoms with Crippen molar-refractivity contribution < 1.29 is 13.6 Å². The normalized spacial score (nSPS) is 11.9. The quantitative estimate of drug-likeness (QED) is 0.490. The Kier molecular flexibility index (Phi) is 5.61. The van der Waals surface area contributed by atoms with E-state index in [1.54, 1.807) is 0 Å². The van der Waals surface area contributed by atoms with Crippen LogP contribution >= 0.6 is 30.2 Å². The summed E-state index contributed by atoms with van der Waals surface area (Å²) in [5.41, 5.74) is 1.01. The van der Waals surface area contributed by atoms with Crippen molar-refractivity contribution in [3.8, 4) is 0 Å². The fourth-order valence-corrected chi connectivity index (χ4v) is 4.58. The predicted molar refractivity (Wildman–Crippen MR) is 91.2 cm³/mol. The van der Waals surface area contributed by atoms with Gasteiger partial charge in [-0.05, 0) is 58.8 Å². The van der Waals surface area contributed by atoms with Crippen LogP contribution in [0.2, 0.25) is 0 Å². The average Bonchev–Trinajstić information content (AvgIpc) is 2.43. The summed E-state index contributed by atoms with van der Waals surface area (Å²) in [6.45, 7) is 4.44. The zero-order valence-corrected chi connectivity index (χ0v) is 14.7. The smallest absolute Gasteiger partial charge is 0.309 e. The van der Waals surface area contributed by atoms with Gasteiger partial charge in [-0.3, -0.25) is 4.57 Å². The molecule has 0 N–H and O–H groups in total. The first-order valence-corrected chi connectivity index (χ1v) is 9.44. The molecule has 0 aliphatic rings. The molecule has 5 heteroatoms. The largest absolute Gasteiger partial charge is 0.335 e. The zero-order valence-electron chi connectivity index (χ0n) is 11.6. The van der Waals surface area contributed by atoms with Gasteiger partial charge in [0.15, 0.2) is 0 Å². The minimum atomic E-state index is -3.06. The van der Waals surface area contributed by atoms with E-state index in [9.17, 15) is 4.57 Å². The third kappa shape index (κ3) is 3.61. The highest BCUT2D eigenvalue weighted by atomic mass is 127. The van der Waals surface area contributed by atoms with Gasteiger partial charge in [-0.1, -0.05) is 30.3 Å². The highest BCUT2D eigenvalue weighted by molar-refractivity contribution is 14.1. The molecule has 0 aliphatic heterocycles. The Morgan fingerprint density at radius 1 is 1.00 bits per heavy atom. The van der Waals surface area contributed by atoms with E-state index in [1.165, 1.54) is 8.96 Å². The maximum atomic E-state index is 12.7. The molecule has 2 rings (SSSR count). The lowest BCUT2D eigenvalue weighted by Crippen LogP contribution is -2.00. The first-order chi connectivity index (χ1) is 9.59. The maximum Gasteiger partial charge on any atom is 0.335 e. The van der Waals surface area contributed by atoms with E-state index >= 15 is 0 Å². The van der Waals surface area contributed by atoms with Gasteiger partial charge in [0.2, 0.25) is 0 Å². The molecule has 0 amide bonds. The second-order valence-electron chi connectivity index (χ2n) is 4.36. The van der Waals surface area contributed by atoms with Crippen LogP contribution in [0, 0.1) is 3.57 Å². The molecule has 0 radical (unpaired) electrons. The molecule has 108 valence electrons. The van der Waals surface area contributed by atoms with Gasteiger partial charge in [-0.25, -0.2) is 0 Å². The van der Waals surface area contributed by atoms with E-state index in [-0.39, 0.29) is 0 Å². The standard InChI is InChI=1S/C15H18IO3P/c1-3-18-20(17,19-4-2)11-12-9-10-15(16)14-8-6-5-7-13(12)14/h5-10H,3-4,11H2,1-2H3. The van der Waals surface area contributed by atoms with Crippen molar-refractivity contribution in [3.63, 3.8) is 0 Å². The summed E-state index contributed by atoms with van der Waals surface area (Å²) in [6, 6.07) is 12.2. The van der Waals surface area contributed by atoms with Crippen LogP contribution < -0.4 is 0 Å². The Morgan fingerprint density at radius 2 is 1.60 bits per heavy atom. The Labute approximate surface area is 133 Å². The van der Waals surface area contributed by atoms with Gasteiger partial charge in [0, 0.05) is 3.57 Å². The van der Waals surface area contributed by atoms with Crippen molar-refractivity contribution in [1.29, 1.82) is 0 Å². The van der Waals surface area contributed by atoms with Gasteiger partial charge in [0.25, 0.3) is 0 Å². The highest BCUT2D eigenvalue weighted by Gasteiger charge is 2.25. The van der Waals surface area contributed by atoms with E-state index in [1.807, 2.05) is 38.1 Å². The van der Waals surface area contributed by atoms with Crippen LogP contribution in [0.15, 0.2) is 36.4 Å². The average molecular weight is 404 g/mol. The molecule has 20 heavy (non-hydrogen) atoms. The molecule has 0 saturated heterocycles. The number of hydrogen-bond acceptors (Lipinski definition) is 3. The molecule has 2 aromatic carbocycles. The summed E-state index contributed by atoms with van der Waals surface area (Å²) >= 11 is 2.31. The molecule has 0 heterocycles. The van der Waals surface area contributed by atoms with E-state index in [2.05, 4.69) is 34.7 Å². The monoisotopic (exact) mass is 404 g/mol.